The second kappa shape index (κ2) is 5.89. The maximum Gasteiger partial charge on any atom is 0.324 e. The van der Waals surface area contributed by atoms with Crippen LogP contribution in [0.25, 0.3) is 0 Å². The van der Waals surface area contributed by atoms with Gasteiger partial charge in [0.1, 0.15) is 0 Å². The first-order valence-corrected chi connectivity index (χ1v) is 6.08. The van der Waals surface area contributed by atoms with Gasteiger partial charge in [-0.25, -0.2) is 0 Å². The van der Waals surface area contributed by atoms with Crippen LogP contribution in [0.1, 0.15) is 23.0 Å². The number of rotatable bonds is 6. The monoisotopic (exact) mass is 274 g/mol. The van der Waals surface area contributed by atoms with Crippen molar-refractivity contribution in [2.75, 3.05) is 13.2 Å². The number of aliphatic hydroxyl groups excluding tert-OH is 2. The molecule has 1 heterocycles. The van der Waals surface area contributed by atoms with Crippen LogP contribution in [-0.2, 0) is 0 Å². The molecule has 0 aliphatic rings. The molecule has 1 aromatic rings. The number of nitrogens with one attached hydrogen (secondary N) is 1. The summed E-state index contributed by atoms with van der Waals surface area (Å²) >= 11 is 0.747. The summed E-state index contributed by atoms with van der Waals surface area (Å²) in [5.41, 5.74) is -1.10. The van der Waals surface area contributed by atoms with Crippen molar-refractivity contribution >= 4 is 22.2 Å². The minimum atomic E-state index is -1.10. The average Bonchev–Trinajstić information content (AvgIpc) is 2.86. The molecule has 7 nitrogen and oxygen atoms in total. The van der Waals surface area contributed by atoms with Gasteiger partial charge in [-0.15, -0.1) is 0 Å². The maximum absolute atomic E-state index is 11.8. The van der Waals surface area contributed by atoms with Crippen LogP contribution in [-0.4, -0.2) is 39.8 Å². The van der Waals surface area contributed by atoms with Crippen LogP contribution < -0.4 is 5.32 Å². The normalized spacial score (nSPS) is 11.3. The molecule has 1 aromatic heterocycles. The Balaban J connectivity index is 2.84. The number of carbonyl (C=O) groups is 1. The molecular weight excluding hydrogens is 260 g/mol. The van der Waals surface area contributed by atoms with E-state index in [4.69, 9.17) is 0 Å². The Morgan fingerprint density at radius 3 is 2.50 bits per heavy atom. The summed E-state index contributed by atoms with van der Waals surface area (Å²) in [5, 5.41) is 31.2. The molecule has 0 aliphatic heterocycles. The minimum Gasteiger partial charge on any atom is -0.394 e. The number of carbonyl (C=O) groups excluding carboxylic acids is 1. The van der Waals surface area contributed by atoms with Crippen molar-refractivity contribution in [3.8, 4) is 0 Å². The zero-order chi connectivity index (χ0) is 13.8. The molecule has 0 aliphatic carbocycles. The lowest BCUT2D eigenvalue weighted by molar-refractivity contribution is -0.380. The number of nitro groups is 1. The molecule has 0 atom stereocenters. The highest BCUT2D eigenvalue weighted by Gasteiger charge is 2.29. The maximum atomic E-state index is 11.8. The summed E-state index contributed by atoms with van der Waals surface area (Å²) in [7, 11) is 0. The highest BCUT2D eigenvalue weighted by atomic mass is 32.1. The van der Waals surface area contributed by atoms with Crippen LogP contribution in [0.5, 0.6) is 0 Å². The molecule has 0 aromatic carbocycles. The molecule has 18 heavy (non-hydrogen) atoms. The third kappa shape index (κ3) is 3.03. The van der Waals surface area contributed by atoms with Crippen molar-refractivity contribution in [1.82, 2.24) is 5.32 Å². The lowest BCUT2D eigenvalue weighted by Gasteiger charge is -2.29. The van der Waals surface area contributed by atoms with Crippen LogP contribution in [0, 0.1) is 10.1 Å². The molecule has 0 fully saturated rings. The molecular formula is C10H14N2O5S. The van der Waals surface area contributed by atoms with Crippen molar-refractivity contribution in [3.05, 3.63) is 27.1 Å². The molecule has 8 heteroatoms. The Kier molecular flexibility index (Phi) is 4.76. The highest BCUT2D eigenvalue weighted by molar-refractivity contribution is 7.17. The Hall–Kier alpha value is -1.51. The van der Waals surface area contributed by atoms with E-state index < -0.39 is 29.6 Å². The molecule has 1 amide bonds. The van der Waals surface area contributed by atoms with Crippen LogP contribution in [0.3, 0.4) is 0 Å². The second-order valence-corrected chi connectivity index (χ2v) is 4.86. The molecule has 0 radical (unpaired) electrons. The largest absolute Gasteiger partial charge is 0.394 e. The van der Waals surface area contributed by atoms with Crippen LogP contribution in [0.4, 0.5) is 5.00 Å². The summed E-state index contributed by atoms with van der Waals surface area (Å²) in [5.74, 6) is -0.543. The third-order valence-corrected chi connectivity index (χ3v) is 3.69. The average molecular weight is 274 g/mol. The second-order valence-electron chi connectivity index (χ2n) is 3.80. The lowest BCUT2D eigenvalue weighted by atomic mass is 9.98. The fourth-order valence-electron chi connectivity index (χ4n) is 1.29. The molecule has 0 bridgehead atoms. The molecule has 3 N–H and O–H groups in total. The van der Waals surface area contributed by atoms with Crippen molar-refractivity contribution < 1.29 is 19.9 Å². The first-order chi connectivity index (χ1) is 8.48. The minimum absolute atomic E-state index is 0.129. The van der Waals surface area contributed by atoms with E-state index in [1.807, 2.05) is 0 Å². The summed E-state index contributed by atoms with van der Waals surface area (Å²) in [6, 6.07) is 2.58. The van der Waals surface area contributed by atoms with Gasteiger partial charge in [0.2, 0.25) is 0 Å². The van der Waals surface area contributed by atoms with Gasteiger partial charge in [-0.1, -0.05) is 18.3 Å². The van der Waals surface area contributed by atoms with Crippen LogP contribution in [0.2, 0.25) is 0 Å². The van der Waals surface area contributed by atoms with E-state index in [0.29, 0.717) is 6.42 Å². The van der Waals surface area contributed by atoms with Gasteiger partial charge in [0.25, 0.3) is 5.91 Å². The van der Waals surface area contributed by atoms with E-state index in [9.17, 15) is 25.1 Å². The van der Waals surface area contributed by atoms with Gasteiger partial charge in [0, 0.05) is 6.07 Å². The summed E-state index contributed by atoms with van der Waals surface area (Å²) in [4.78, 5) is 21.9. The molecule has 0 unspecified atom stereocenters. The summed E-state index contributed by atoms with van der Waals surface area (Å²) in [6.07, 6.45) is 0.346. The van der Waals surface area contributed by atoms with Gasteiger partial charge in [-0.2, -0.15) is 0 Å². The third-order valence-electron chi connectivity index (χ3n) is 2.66. The topological polar surface area (TPSA) is 113 Å². The number of hydrogen-bond acceptors (Lipinski definition) is 6. The van der Waals surface area contributed by atoms with E-state index in [-0.39, 0.29) is 9.88 Å². The predicted octanol–water partition coefficient (Wildman–Crippen LogP) is 0.520. The number of aliphatic hydroxyl groups is 2. The van der Waals surface area contributed by atoms with Crippen molar-refractivity contribution in [2.45, 2.75) is 18.9 Å². The van der Waals surface area contributed by atoms with Crippen molar-refractivity contribution in [2.24, 2.45) is 0 Å². The highest BCUT2D eigenvalue weighted by Crippen LogP contribution is 2.24. The van der Waals surface area contributed by atoms with Crippen LogP contribution in [0.15, 0.2) is 12.1 Å². The van der Waals surface area contributed by atoms with Gasteiger partial charge in [-0.05, 0) is 12.5 Å². The van der Waals surface area contributed by atoms with Gasteiger partial charge in [0.15, 0.2) is 0 Å². The van der Waals surface area contributed by atoms with Gasteiger partial charge < -0.3 is 15.5 Å². The molecule has 0 saturated heterocycles. The zero-order valence-corrected chi connectivity index (χ0v) is 10.6. The number of hydrogen-bond donors (Lipinski definition) is 3. The first-order valence-electron chi connectivity index (χ1n) is 5.26. The lowest BCUT2D eigenvalue weighted by Crippen LogP contribution is -2.53. The van der Waals surface area contributed by atoms with E-state index in [0.717, 1.165) is 11.3 Å². The number of nitrogens with zero attached hydrogens (tertiary/aromatic N) is 1. The fraction of sp³-hybridized carbons (Fsp3) is 0.500. The van der Waals surface area contributed by atoms with Crippen molar-refractivity contribution in [3.63, 3.8) is 0 Å². The molecule has 0 saturated carbocycles. The summed E-state index contributed by atoms with van der Waals surface area (Å²) in [6.45, 7) is 0.905. The Morgan fingerprint density at radius 2 is 2.11 bits per heavy atom. The first kappa shape index (κ1) is 14.6. The number of thiophene rings is 1. The van der Waals surface area contributed by atoms with E-state index in [2.05, 4.69) is 5.32 Å². The molecule has 100 valence electrons. The van der Waals surface area contributed by atoms with E-state index in [1.54, 1.807) is 6.92 Å². The number of amides is 1. The van der Waals surface area contributed by atoms with E-state index >= 15 is 0 Å². The summed E-state index contributed by atoms with van der Waals surface area (Å²) < 4.78 is 0. The Morgan fingerprint density at radius 1 is 1.50 bits per heavy atom. The quantitative estimate of drug-likeness (QED) is 0.517. The van der Waals surface area contributed by atoms with E-state index in [1.165, 1.54) is 12.1 Å². The fourth-order valence-corrected chi connectivity index (χ4v) is 2.01. The SMILES string of the molecule is CCC(CO)(CO)NC(=O)c1ccc([N+](=O)[O-])s1. The van der Waals surface area contributed by atoms with Gasteiger partial charge >= 0.3 is 5.00 Å². The van der Waals surface area contributed by atoms with Gasteiger partial charge in [0.05, 0.1) is 28.6 Å². The Labute approximate surface area is 107 Å². The molecule has 1 rings (SSSR count). The van der Waals surface area contributed by atoms with Crippen LogP contribution >= 0.6 is 11.3 Å². The van der Waals surface area contributed by atoms with Gasteiger partial charge in [-0.3, -0.25) is 14.9 Å². The predicted molar refractivity (Wildman–Crippen MR) is 65.6 cm³/mol. The standard InChI is InChI=1S/C10H14N2O5S/c1-2-10(5-13,6-14)11-9(15)7-3-4-8(18-7)12(16)17/h3-4,13-14H,2,5-6H2,1H3,(H,11,15). The molecule has 0 spiro atoms. The Bertz CT molecular complexity index is 433. The zero-order valence-electron chi connectivity index (χ0n) is 9.75. The smallest absolute Gasteiger partial charge is 0.324 e. The van der Waals surface area contributed by atoms with Crippen molar-refractivity contribution in [1.29, 1.82) is 0 Å².